The van der Waals surface area contributed by atoms with E-state index in [2.05, 4.69) is 24.1 Å². The highest BCUT2D eigenvalue weighted by Gasteiger charge is 2.27. The van der Waals surface area contributed by atoms with Gasteiger partial charge in [0.25, 0.3) is 0 Å². The summed E-state index contributed by atoms with van der Waals surface area (Å²) in [4.78, 5) is 4.00. The van der Waals surface area contributed by atoms with Crippen molar-refractivity contribution in [2.45, 2.75) is 52.1 Å². The summed E-state index contributed by atoms with van der Waals surface area (Å²) in [5.74, 6) is 0. The molecule has 1 saturated carbocycles. The smallest absolute Gasteiger partial charge is 0.0634 e. The molecule has 0 spiro atoms. The van der Waals surface area contributed by atoms with Gasteiger partial charge in [0, 0.05) is 25.0 Å². The lowest BCUT2D eigenvalue weighted by atomic mass is 9.75. The molecule has 0 bridgehead atoms. The zero-order valence-electron chi connectivity index (χ0n) is 10.7. The van der Waals surface area contributed by atoms with Gasteiger partial charge in [0.05, 0.1) is 5.02 Å². The Morgan fingerprint density at radius 1 is 1.53 bits per heavy atom. The van der Waals surface area contributed by atoms with E-state index in [1.165, 1.54) is 25.7 Å². The average Bonchev–Trinajstić information content (AvgIpc) is 2.27. The summed E-state index contributed by atoms with van der Waals surface area (Å²) in [5.41, 5.74) is 1.63. The second kappa shape index (κ2) is 5.36. The van der Waals surface area contributed by atoms with Crippen LogP contribution in [0.1, 0.15) is 45.1 Å². The SMILES string of the molecule is CC1(C)CCCC(NCc2ccncc2Cl)C1. The van der Waals surface area contributed by atoms with Gasteiger partial charge in [-0.05, 0) is 36.3 Å². The monoisotopic (exact) mass is 252 g/mol. The Labute approximate surface area is 109 Å². The lowest BCUT2D eigenvalue weighted by Gasteiger charge is -2.35. The Morgan fingerprint density at radius 3 is 3.06 bits per heavy atom. The molecular formula is C14H21ClN2. The first kappa shape index (κ1) is 12.8. The number of halogens is 1. The molecule has 1 N–H and O–H groups in total. The summed E-state index contributed by atoms with van der Waals surface area (Å²) in [5, 5.41) is 4.38. The molecule has 3 heteroatoms. The lowest BCUT2D eigenvalue weighted by molar-refractivity contribution is 0.198. The highest BCUT2D eigenvalue weighted by Crippen LogP contribution is 2.35. The molecular weight excluding hydrogens is 232 g/mol. The van der Waals surface area contributed by atoms with Gasteiger partial charge < -0.3 is 5.32 Å². The van der Waals surface area contributed by atoms with E-state index < -0.39 is 0 Å². The highest BCUT2D eigenvalue weighted by atomic mass is 35.5. The van der Waals surface area contributed by atoms with Crippen LogP contribution in [0, 0.1) is 5.41 Å². The molecule has 1 aliphatic carbocycles. The first-order valence-electron chi connectivity index (χ1n) is 6.39. The summed E-state index contributed by atoms with van der Waals surface area (Å²) in [6.07, 6.45) is 8.73. The maximum absolute atomic E-state index is 6.10. The molecule has 1 heterocycles. The summed E-state index contributed by atoms with van der Waals surface area (Å²) in [7, 11) is 0. The predicted molar refractivity (Wildman–Crippen MR) is 72.1 cm³/mol. The maximum atomic E-state index is 6.10. The van der Waals surface area contributed by atoms with Crippen LogP contribution in [0.5, 0.6) is 0 Å². The summed E-state index contributed by atoms with van der Waals surface area (Å²) < 4.78 is 0. The van der Waals surface area contributed by atoms with E-state index in [4.69, 9.17) is 11.6 Å². The molecule has 2 nitrogen and oxygen atoms in total. The van der Waals surface area contributed by atoms with E-state index in [1.54, 1.807) is 12.4 Å². The van der Waals surface area contributed by atoms with Crippen molar-refractivity contribution >= 4 is 11.6 Å². The standard InChI is InChI=1S/C14H21ClN2/c1-14(2)6-3-4-12(8-14)17-9-11-5-7-16-10-13(11)15/h5,7,10,12,17H,3-4,6,8-9H2,1-2H3. The van der Waals surface area contributed by atoms with Crippen molar-refractivity contribution < 1.29 is 0 Å². The number of rotatable bonds is 3. The minimum absolute atomic E-state index is 0.484. The molecule has 0 amide bonds. The van der Waals surface area contributed by atoms with Crippen LogP contribution in [0.3, 0.4) is 0 Å². The Bertz CT molecular complexity index is 376. The molecule has 2 rings (SSSR count). The van der Waals surface area contributed by atoms with E-state index in [-0.39, 0.29) is 0 Å². The normalized spacial score (nSPS) is 23.6. The van der Waals surface area contributed by atoms with Gasteiger partial charge >= 0.3 is 0 Å². The zero-order chi connectivity index (χ0) is 12.3. The summed E-state index contributed by atoms with van der Waals surface area (Å²) in [6, 6.07) is 2.62. The van der Waals surface area contributed by atoms with Crippen LogP contribution in [0.4, 0.5) is 0 Å². The third kappa shape index (κ3) is 3.68. The number of aromatic nitrogens is 1. The molecule has 0 aromatic carbocycles. The third-order valence-electron chi connectivity index (χ3n) is 3.64. The van der Waals surface area contributed by atoms with Crippen molar-refractivity contribution in [3.63, 3.8) is 0 Å². The minimum Gasteiger partial charge on any atom is -0.310 e. The number of nitrogens with zero attached hydrogens (tertiary/aromatic N) is 1. The first-order valence-corrected chi connectivity index (χ1v) is 6.76. The van der Waals surface area contributed by atoms with Crippen LogP contribution < -0.4 is 5.32 Å². The zero-order valence-corrected chi connectivity index (χ0v) is 11.4. The van der Waals surface area contributed by atoms with Crippen LogP contribution in [-0.4, -0.2) is 11.0 Å². The fraction of sp³-hybridized carbons (Fsp3) is 0.643. The second-order valence-electron chi connectivity index (χ2n) is 5.81. The van der Waals surface area contributed by atoms with Crippen molar-refractivity contribution in [3.8, 4) is 0 Å². The Balaban J connectivity index is 1.88. The van der Waals surface area contributed by atoms with Crippen LogP contribution >= 0.6 is 11.6 Å². The van der Waals surface area contributed by atoms with E-state index in [1.807, 2.05) is 6.07 Å². The van der Waals surface area contributed by atoms with Crippen molar-refractivity contribution in [2.24, 2.45) is 5.41 Å². The lowest BCUT2D eigenvalue weighted by Crippen LogP contribution is -2.36. The van der Waals surface area contributed by atoms with Gasteiger partial charge in [-0.15, -0.1) is 0 Å². The Morgan fingerprint density at radius 2 is 2.35 bits per heavy atom. The van der Waals surface area contributed by atoms with Crippen LogP contribution in [0.2, 0.25) is 5.02 Å². The van der Waals surface area contributed by atoms with Crippen molar-refractivity contribution in [2.75, 3.05) is 0 Å². The van der Waals surface area contributed by atoms with Gasteiger partial charge in [0.1, 0.15) is 0 Å². The fourth-order valence-corrected chi connectivity index (χ4v) is 2.86. The molecule has 0 radical (unpaired) electrons. The molecule has 94 valence electrons. The molecule has 17 heavy (non-hydrogen) atoms. The highest BCUT2D eigenvalue weighted by molar-refractivity contribution is 6.31. The van der Waals surface area contributed by atoms with Gasteiger partial charge in [0.2, 0.25) is 0 Å². The van der Waals surface area contributed by atoms with Crippen LogP contribution in [0.25, 0.3) is 0 Å². The number of hydrogen-bond acceptors (Lipinski definition) is 2. The van der Waals surface area contributed by atoms with Crippen LogP contribution in [0.15, 0.2) is 18.5 Å². The van der Waals surface area contributed by atoms with Gasteiger partial charge in [-0.2, -0.15) is 0 Å². The molecule has 1 aromatic rings. The number of pyridine rings is 1. The second-order valence-corrected chi connectivity index (χ2v) is 6.21. The molecule has 1 atom stereocenters. The van der Waals surface area contributed by atoms with E-state index >= 15 is 0 Å². The van der Waals surface area contributed by atoms with Gasteiger partial charge in [-0.3, -0.25) is 4.98 Å². The van der Waals surface area contributed by atoms with E-state index in [0.29, 0.717) is 11.5 Å². The molecule has 1 unspecified atom stereocenters. The topological polar surface area (TPSA) is 24.9 Å². The molecule has 0 saturated heterocycles. The number of nitrogens with one attached hydrogen (secondary N) is 1. The average molecular weight is 253 g/mol. The van der Waals surface area contributed by atoms with E-state index in [9.17, 15) is 0 Å². The molecule has 1 fully saturated rings. The van der Waals surface area contributed by atoms with Crippen molar-refractivity contribution in [3.05, 3.63) is 29.0 Å². The molecule has 0 aliphatic heterocycles. The largest absolute Gasteiger partial charge is 0.310 e. The molecule has 1 aliphatic rings. The maximum Gasteiger partial charge on any atom is 0.0634 e. The third-order valence-corrected chi connectivity index (χ3v) is 3.98. The van der Waals surface area contributed by atoms with Crippen molar-refractivity contribution in [1.29, 1.82) is 0 Å². The van der Waals surface area contributed by atoms with E-state index in [0.717, 1.165) is 17.1 Å². The minimum atomic E-state index is 0.484. The van der Waals surface area contributed by atoms with Crippen LogP contribution in [-0.2, 0) is 6.54 Å². The summed E-state index contributed by atoms with van der Waals surface area (Å²) >= 11 is 6.10. The number of hydrogen-bond donors (Lipinski definition) is 1. The van der Waals surface area contributed by atoms with Gasteiger partial charge in [0.15, 0.2) is 0 Å². The Kier molecular flexibility index (Phi) is 4.05. The van der Waals surface area contributed by atoms with Gasteiger partial charge in [-0.25, -0.2) is 0 Å². The van der Waals surface area contributed by atoms with Gasteiger partial charge in [-0.1, -0.05) is 31.9 Å². The Hall–Kier alpha value is -0.600. The predicted octanol–water partition coefficient (Wildman–Crippen LogP) is 3.79. The fourth-order valence-electron chi connectivity index (χ4n) is 2.67. The quantitative estimate of drug-likeness (QED) is 0.885. The first-order chi connectivity index (χ1) is 8.07. The van der Waals surface area contributed by atoms with Crippen molar-refractivity contribution in [1.82, 2.24) is 10.3 Å². The summed E-state index contributed by atoms with van der Waals surface area (Å²) in [6.45, 7) is 5.57. The molecule has 1 aromatic heterocycles.